The van der Waals surface area contributed by atoms with Crippen molar-refractivity contribution in [3.63, 3.8) is 0 Å². The van der Waals surface area contributed by atoms with E-state index in [-0.39, 0.29) is 0 Å². The van der Waals surface area contributed by atoms with Crippen molar-refractivity contribution in [2.75, 3.05) is 19.0 Å². The first-order chi connectivity index (χ1) is 9.29. The molecule has 2 rings (SSSR count). The fourth-order valence-electron chi connectivity index (χ4n) is 1.77. The minimum atomic E-state index is 0.545. The van der Waals surface area contributed by atoms with E-state index in [2.05, 4.69) is 27.4 Å². The monoisotopic (exact) mass is 277 g/mol. The smallest absolute Gasteiger partial charge is 0.148 e. The molecule has 1 N–H and O–H groups in total. The molecular weight excluding hydrogens is 262 g/mol. The second kappa shape index (κ2) is 6.95. The largest absolute Gasteiger partial charge is 0.497 e. The molecule has 0 aliphatic rings. The number of benzene rings is 1. The molecule has 0 amide bonds. The van der Waals surface area contributed by atoms with Crippen LogP contribution in [0.3, 0.4) is 0 Å². The molecule has 0 saturated heterocycles. The zero-order valence-electron chi connectivity index (χ0n) is 10.8. The molecule has 0 fully saturated rings. The predicted octanol–water partition coefficient (Wildman–Crippen LogP) is 3.18. The Morgan fingerprint density at radius 3 is 3.05 bits per heavy atom. The van der Waals surface area contributed by atoms with E-state index in [0.717, 1.165) is 25.1 Å². The van der Waals surface area contributed by atoms with Gasteiger partial charge < -0.3 is 10.1 Å². The lowest BCUT2D eigenvalue weighted by Crippen LogP contribution is -2.05. The quantitative estimate of drug-likeness (QED) is 0.824. The number of hydrogen-bond acceptors (Lipinski definition) is 4. The highest BCUT2D eigenvalue weighted by molar-refractivity contribution is 6.32. The van der Waals surface area contributed by atoms with Crippen LogP contribution in [-0.4, -0.2) is 23.6 Å². The Hall–Kier alpha value is -1.81. The number of rotatable bonds is 6. The number of nitrogens with one attached hydrogen (secondary N) is 1. The van der Waals surface area contributed by atoms with Gasteiger partial charge in [-0.1, -0.05) is 23.7 Å². The Labute approximate surface area is 117 Å². The van der Waals surface area contributed by atoms with Gasteiger partial charge in [0.2, 0.25) is 0 Å². The molecule has 2 aromatic rings. The van der Waals surface area contributed by atoms with Gasteiger partial charge in [0.15, 0.2) is 0 Å². The molecule has 1 heterocycles. The molecule has 1 aromatic heterocycles. The Balaban J connectivity index is 1.79. The van der Waals surface area contributed by atoms with Crippen molar-refractivity contribution in [1.82, 2.24) is 9.97 Å². The summed E-state index contributed by atoms with van der Waals surface area (Å²) in [5.41, 5.74) is 1.26. The fourth-order valence-corrected chi connectivity index (χ4v) is 1.94. The third-order valence-corrected chi connectivity index (χ3v) is 3.01. The standard InChI is InChI=1S/C14H16ClN3O/c1-19-12-6-2-4-11(8-12)5-3-7-17-14-13(15)9-16-10-18-14/h2,4,6,8-10H,3,5,7H2,1H3,(H,16,17,18). The molecule has 0 aliphatic heterocycles. The van der Waals surface area contributed by atoms with Crippen molar-refractivity contribution < 1.29 is 4.74 Å². The lowest BCUT2D eigenvalue weighted by molar-refractivity contribution is 0.414. The van der Waals surface area contributed by atoms with E-state index in [1.807, 2.05) is 12.1 Å². The van der Waals surface area contributed by atoms with Crippen molar-refractivity contribution in [2.24, 2.45) is 0 Å². The first-order valence-electron chi connectivity index (χ1n) is 6.12. The first kappa shape index (κ1) is 13.6. The third kappa shape index (κ3) is 4.10. The number of aromatic nitrogens is 2. The topological polar surface area (TPSA) is 47.0 Å². The van der Waals surface area contributed by atoms with Crippen molar-refractivity contribution in [1.29, 1.82) is 0 Å². The lowest BCUT2D eigenvalue weighted by atomic mass is 10.1. The molecule has 5 heteroatoms. The van der Waals surface area contributed by atoms with Crippen LogP contribution in [0.2, 0.25) is 5.02 Å². The van der Waals surface area contributed by atoms with E-state index in [1.165, 1.54) is 11.9 Å². The molecule has 19 heavy (non-hydrogen) atoms. The summed E-state index contributed by atoms with van der Waals surface area (Å²) in [5.74, 6) is 1.58. The van der Waals surface area contributed by atoms with Crippen LogP contribution in [-0.2, 0) is 6.42 Å². The van der Waals surface area contributed by atoms with Crippen LogP contribution in [0.5, 0.6) is 5.75 Å². The maximum Gasteiger partial charge on any atom is 0.148 e. The van der Waals surface area contributed by atoms with Crippen LogP contribution in [0.25, 0.3) is 0 Å². The SMILES string of the molecule is COc1cccc(CCCNc2ncncc2Cl)c1. The van der Waals surface area contributed by atoms with E-state index in [0.29, 0.717) is 10.8 Å². The number of methoxy groups -OCH3 is 1. The first-order valence-corrected chi connectivity index (χ1v) is 6.49. The Morgan fingerprint density at radius 1 is 1.37 bits per heavy atom. The molecule has 0 unspecified atom stereocenters. The minimum absolute atomic E-state index is 0.545. The summed E-state index contributed by atoms with van der Waals surface area (Å²) in [6.45, 7) is 0.813. The van der Waals surface area contributed by atoms with Crippen LogP contribution in [0.1, 0.15) is 12.0 Å². The Morgan fingerprint density at radius 2 is 2.26 bits per heavy atom. The maximum atomic E-state index is 5.96. The van der Waals surface area contributed by atoms with Gasteiger partial charge in [0.05, 0.1) is 13.3 Å². The molecule has 0 saturated carbocycles. The molecule has 0 atom stereocenters. The molecule has 0 bridgehead atoms. The third-order valence-electron chi connectivity index (χ3n) is 2.74. The molecule has 100 valence electrons. The molecule has 4 nitrogen and oxygen atoms in total. The fraction of sp³-hybridized carbons (Fsp3) is 0.286. The van der Waals surface area contributed by atoms with Gasteiger partial charge in [-0.2, -0.15) is 0 Å². The number of halogens is 1. The Kier molecular flexibility index (Phi) is 4.98. The summed E-state index contributed by atoms with van der Waals surface area (Å²) in [4.78, 5) is 7.92. The number of hydrogen-bond donors (Lipinski definition) is 1. The minimum Gasteiger partial charge on any atom is -0.497 e. The van der Waals surface area contributed by atoms with Crippen LogP contribution in [0, 0.1) is 0 Å². The second-order valence-corrected chi connectivity index (χ2v) is 4.51. The van der Waals surface area contributed by atoms with Crippen molar-refractivity contribution >= 4 is 17.4 Å². The number of aryl methyl sites for hydroxylation is 1. The van der Waals surface area contributed by atoms with E-state index in [4.69, 9.17) is 16.3 Å². The molecule has 0 spiro atoms. The van der Waals surface area contributed by atoms with Gasteiger partial charge in [-0.25, -0.2) is 9.97 Å². The Bertz CT molecular complexity index is 534. The average molecular weight is 278 g/mol. The van der Waals surface area contributed by atoms with Gasteiger partial charge in [-0.05, 0) is 30.5 Å². The van der Waals surface area contributed by atoms with Gasteiger partial charge in [-0.3, -0.25) is 0 Å². The summed E-state index contributed by atoms with van der Waals surface area (Å²) in [6.07, 6.45) is 5.04. The van der Waals surface area contributed by atoms with Crippen LogP contribution in [0.15, 0.2) is 36.8 Å². The summed E-state index contributed by atoms with van der Waals surface area (Å²) < 4.78 is 5.20. The molecular formula is C14H16ClN3O. The highest BCUT2D eigenvalue weighted by Crippen LogP contribution is 2.17. The van der Waals surface area contributed by atoms with Gasteiger partial charge in [-0.15, -0.1) is 0 Å². The zero-order valence-corrected chi connectivity index (χ0v) is 11.5. The molecule has 0 radical (unpaired) electrons. The second-order valence-electron chi connectivity index (χ2n) is 4.10. The number of nitrogens with zero attached hydrogens (tertiary/aromatic N) is 2. The number of anilines is 1. The van der Waals surface area contributed by atoms with Crippen molar-refractivity contribution in [2.45, 2.75) is 12.8 Å². The van der Waals surface area contributed by atoms with E-state index >= 15 is 0 Å². The highest BCUT2D eigenvalue weighted by atomic mass is 35.5. The van der Waals surface area contributed by atoms with Gasteiger partial charge in [0.1, 0.15) is 22.9 Å². The maximum absolute atomic E-state index is 5.96. The summed E-state index contributed by atoms with van der Waals surface area (Å²) >= 11 is 5.96. The van der Waals surface area contributed by atoms with E-state index < -0.39 is 0 Å². The van der Waals surface area contributed by atoms with E-state index in [9.17, 15) is 0 Å². The lowest BCUT2D eigenvalue weighted by Gasteiger charge is -2.07. The number of ether oxygens (including phenoxy) is 1. The average Bonchev–Trinajstić information content (AvgIpc) is 2.45. The van der Waals surface area contributed by atoms with Crippen molar-refractivity contribution in [3.05, 3.63) is 47.4 Å². The highest BCUT2D eigenvalue weighted by Gasteiger charge is 2.00. The van der Waals surface area contributed by atoms with Crippen LogP contribution >= 0.6 is 11.6 Å². The van der Waals surface area contributed by atoms with Gasteiger partial charge in [0.25, 0.3) is 0 Å². The zero-order chi connectivity index (χ0) is 13.5. The molecule has 0 aliphatic carbocycles. The summed E-state index contributed by atoms with van der Waals surface area (Å²) in [6, 6.07) is 8.10. The van der Waals surface area contributed by atoms with Gasteiger partial charge >= 0.3 is 0 Å². The summed E-state index contributed by atoms with van der Waals surface area (Å²) in [7, 11) is 1.68. The normalized spacial score (nSPS) is 10.2. The molecule has 1 aromatic carbocycles. The van der Waals surface area contributed by atoms with Crippen molar-refractivity contribution in [3.8, 4) is 5.75 Å². The van der Waals surface area contributed by atoms with Gasteiger partial charge in [0, 0.05) is 6.54 Å². The summed E-state index contributed by atoms with van der Waals surface area (Å²) in [5, 5.41) is 3.74. The van der Waals surface area contributed by atoms with E-state index in [1.54, 1.807) is 13.3 Å². The van der Waals surface area contributed by atoms with Crippen LogP contribution < -0.4 is 10.1 Å². The predicted molar refractivity (Wildman–Crippen MR) is 76.8 cm³/mol. The van der Waals surface area contributed by atoms with Crippen LogP contribution in [0.4, 0.5) is 5.82 Å².